The average molecular weight is 381 g/mol. The standard InChI is InChI=1S/C22H21ClN2O2/c23-17-6-7-21-19(14-17)20(15-22(26)27-21)24-18-9-12-25(13-10-18)11-8-16-4-2-1-3-5-16/h1-8,11,14-15,18,24H,9-10,12-13H2/b11-8+. The Bertz CT molecular complexity index is 1010. The summed E-state index contributed by atoms with van der Waals surface area (Å²) in [6.45, 7) is 1.95. The van der Waals surface area contributed by atoms with E-state index in [1.807, 2.05) is 24.3 Å². The Morgan fingerprint density at radius 3 is 2.63 bits per heavy atom. The molecule has 0 spiro atoms. The summed E-state index contributed by atoms with van der Waals surface area (Å²) >= 11 is 6.12. The molecule has 1 N–H and O–H groups in total. The maximum atomic E-state index is 11.8. The molecule has 0 unspecified atom stereocenters. The fourth-order valence-electron chi connectivity index (χ4n) is 3.42. The molecule has 0 radical (unpaired) electrons. The molecular weight excluding hydrogens is 360 g/mol. The molecule has 5 heteroatoms. The van der Waals surface area contributed by atoms with Gasteiger partial charge in [0.15, 0.2) is 0 Å². The van der Waals surface area contributed by atoms with Crippen molar-refractivity contribution >= 4 is 34.3 Å². The van der Waals surface area contributed by atoms with Gasteiger partial charge in [0.1, 0.15) is 5.58 Å². The van der Waals surface area contributed by atoms with Crippen LogP contribution in [0.5, 0.6) is 0 Å². The number of rotatable bonds is 4. The molecular formula is C22H21ClN2O2. The molecule has 0 aliphatic carbocycles. The molecule has 27 heavy (non-hydrogen) atoms. The highest BCUT2D eigenvalue weighted by atomic mass is 35.5. The number of nitrogens with zero attached hydrogens (tertiary/aromatic N) is 1. The van der Waals surface area contributed by atoms with Gasteiger partial charge in [0.25, 0.3) is 0 Å². The number of hydrogen-bond donors (Lipinski definition) is 1. The van der Waals surface area contributed by atoms with E-state index in [1.165, 1.54) is 11.6 Å². The minimum absolute atomic E-state index is 0.315. The Kier molecular flexibility index (Phi) is 5.16. The van der Waals surface area contributed by atoms with Gasteiger partial charge in [-0.2, -0.15) is 0 Å². The number of likely N-dealkylation sites (tertiary alicyclic amines) is 1. The summed E-state index contributed by atoms with van der Waals surface area (Å²) in [5, 5.41) is 4.98. The minimum Gasteiger partial charge on any atom is -0.423 e. The molecule has 1 fully saturated rings. The monoisotopic (exact) mass is 380 g/mol. The van der Waals surface area contributed by atoms with E-state index in [1.54, 1.807) is 12.1 Å². The van der Waals surface area contributed by atoms with Crippen LogP contribution < -0.4 is 10.9 Å². The summed E-state index contributed by atoms with van der Waals surface area (Å²) in [6, 6.07) is 17.4. The molecule has 0 amide bonds. The lowest BCUT2D eigenvalue weighted by atomic mass is 10.0. The molecule has 1 aromatic heterocycles. The maximum absolute atomic E-state index is 11.8. The lowest BCUT2D eigenvalue weighted by Crippen LogP contribution is -2.36. The molecule has 1 aliphatic heterocycles. The predicted molar refractivity (Wildman–Crippen MR) is 111 cm³/mol. The number of fused-ring (bicyclic) bond motifs is 1. The van der Waals surface area contributed by atoms with Crippen molar-refractivity contribution in [3.63, 3.8) is 0 Å². The van der Waals surface area contributed by atoms with E-state index >= 15 is 0 Å². The van der Waals surface area contributed by atoms with Gasteiger partial charge in [-0.25, -0.2) is 4.79 Å². The molecule has 3 aromatic rings. The molecule has 2 heterocycles. The molecule has 0 saturated carbocycles. The number of piperidine rings is 1. The Morgan fingerprint density at radius 2 is 1.85 bits per heavy atom. The van der Waals surface area contributed by atoms with Gasteiger partial charge < -0.3 is 14.6 Å². The summed E-state index contributed by atoms with van der Waals surface area (Å²) in [4.78, 5) is 14.2. The first-order valence-corrected chi connectivity index (χ1v) is 9.52. The van der Waals surface area contributed by atoms with Gasteiger partial charge in [-0.3, -0.25) is 0 Å². The highest BCUT2D eigenvalue weighted by Crippen LogP contribution is 2.27. The molecule has 138 valence electrons. The third-order valence-electron chi connectivity index (χ3n) is 4.87. The van der Waals surface area contributed by atoms with Crippen molar-refractivity contribution in [3.05, 3.63) is 81.8 Å². The van der Waals surface area contributed by atoms with Crippen LogP contribution in [0, 0.1) is 0 Å². The fourth-order valence-corrected chi connectivity index (χ4v) is 3.60. The van der Waals surface area contributed by atoms with Crippen LogP contribution in [0.4, 0.5) is 5.69 Å². The van der Waals surface area contributed by atoms with E-state index in [0.717, 1.165) is 37.0 Å². The third-order valence-corrected chi connectivity index (χ3v) is 5.11. The highest BCUT2D eigenvalue weighted by molar-refractivity contribution is 6.31. The van der Waals surface area contributed by atoms with Crippen LogP contribution in [-0.4, -0.2) is 24.0 Å². The van der Waals surface area contributed by atoms with Crippen molar-refractivity contribution < 1.29 is 4.42 Å². The van der Waals surface area contributed by atoms with Gasteiger partial charge in [-0.05, 0) is 48.9 Å². The SMILES string of the molecule is O=c1cc(NC2CCN(/C=C/c3ccccc3)CC2)c2cc(Cl)ccc2o1. The number of anilines is 1. The molecule has 2 aromatic carbocycles. The van der Waals surface area contributed by atoms with E-state index in [2.05, 4.69) is 34.6 Å². The number of halogens is 1. The Labute approximate surface area is 163 Å². The lowest BCUT2D eigenvalue weighted by Gasteiger charge is -2.32. The number of hydrogen-bond acceptors (Lipinski definition) is 4. The van der Waals surface area contributed by atoms with E-state index in [0.29, 0.717) is 16.6 Å². The molecule has 4 nitrogen and oxygen atoms in total. The smallest absolute Gasteiger partial charge is 0.338 e. The summed E-state index contributed by atoms with van der Waals surface area (Å²) in [5.74, 6) is 0. The van der Waals surface area contributed by atoms with Gasteiger partial charge in [0.2, 0.25) is 0 Å². The van der Waals surface area contributed by atoms with Crippen molar-refractivity contribution in [2.75, 3.05) is 18.4 Å². The lowest BCUT2D eigenvalue weighted by molar-refractivity contribution is 0.295. The highest BCUT2D eigenvalue weighted by Gasteiger charge is 2.18. The van der Waals surface area contributed by atoms with Crippen LogP contribution in [-0.2, 0) is 0 Å². The molecule has 1 aliphatic rings. The fraction of sp³-hybridized carbons (Fsp3) is 0.227. The normalized spacial score (nSPS) is 15.5. The zero-order valence-corrected chi connectivity index (χ0v) is 15.7. The second-order valence-electron chi connectivity index (χ2n) is 6.80. The summed E-state index contributed by atoms with van der Waals surface area (Å²) < 4.78 is 5.27. The van der Waals surface area contributed by atoms with Crippen LogP contribution in [0.25, 0.3) is 17.0 Å². The maximum Gasteiger partial charge on any atom is 0.338 e. The van der Waals surface area contributed by atoms with E-state index in [-0.39, 0.29) is 5.63 Å². The first-order valence-electron chi connectivity index (χ1n) is 9.15. The van der Waals surface area contributed by atoms with Crippen LogP contribution in [0.2, 0.25) is 5.02 Å². The predicted octanol–water partition coefficient (Wildman–Crippen LogP) is 4.99. The summed E-state index contributed by atoms with van der Waals surface area (Å²) in [5.41, 5.74) is 2.20. The van der Waals surface area contributed by atoms with Gasteiger partial charge in [-0.1, -0.05) is 41.9 Å². The first-order chi connectivity index (χ1) is 13.2. The molecule has 0 atom stereocenters. The van der Waals surface area contributed by atoms with Gasteiger partial charge >= 0.3 is 5.63 Å². The van der Waals surface area contributed by atoms with Crippen molar-refractivity contribution in [2.45, 2.75) is 18.9 Å². The molecule has 0 bridgehead atoms. The zero-order chi connectivity index (χ0) is 18.6. The summed E-state index contributed by atoms with van der Waals surface area (Å²) in [6.07, 6.45) is 6.31. The van der Waals surface area contributed by atoms with Crippen molar-refractivity contribution in [3.8, 4) is 0 Å². The number of nitrogens with one attached hydrogen (secondary N) is 1. The number of benzene rings is 2. The molecule has 1 saturated heterocycles. The first kappa shape index (κ1) is 17.7. The van der Waals surface area contributed by atoms with Crippen LogP contribution in [0.3, 0.4) is 0 Å². The second-order valence-corrected chi connectivity index (χ2v) is 7.24. The average Bonchev–Trinajstić information content (AvgIpc) is 2.69. The van der Waals surface area contributed by atoms with Crippen molar-refractivity contribution in [1.82, 2.24) is 4.90 Å². The second kappa shape index (κ2) is 7.89. The van der Waals surface area contributed by atoms with Crippen LogP contribution >= 0.6 is 11.6 Å². The van der Waals surface area contributed by atoms with Gasteiger partial charge in [0, 0.05) is 35.6 Å². The topological polar surface area (TPSA) is 45.5 Å². The zero-order valence-electron chi connectivity index (χ0n) is 14.9. The minimum atomic E-state index is -0.351. The van der Waals surface area contributed by atoms with E-state index in [9.17, 15) is 4.79 Å². The van der Waals surface area contributed by atoms with Crippen LogP contribution in [0.1, 0.15) is 18.4 Å². The van der Waals surface area contributed by atoms with E-state index in [4.69, 9.17) is 16.0 Å². The summed E-state index contributed by atoms with van der Waals surface area (Å²) in [7, 11) is 0. The van der Waals surface area contributed by atoms with E-state index < -0.39 is 0 Å². The quantitative estimate of drug-likeness (QED) is 0.647. The largest absolute Gasteiger partial charge is 0.423 e. The molecule has 4 rings (SSSR count). The third kappa shape index (κ3) is 4.34. The van der Waals surface area contributed by atoms with Gasteiger partial charge in [0.05, 0.1) is 5.69 Å². The Balaban J connectivity index is 1.42. The van der Waals surface area contributed by atoms with Crippen LogP contribution in [0.15, 0.2) is 70.0 Å². The Hall–Kier alpha value is -2.72. The Morgan fingerprint density at radius 1 is 1.07 bits per heavy atom. The van der Waals surface area contributed by atoms with Crippen molar-refractivity contribution in [1.29, 1.82) is 0 Å². The van der Waals surface area contributed by atoms with Crippen molar-refractivity contribution in [2.24, 2.45) is 0 Å². The van der Waals surface area contributed by atoms with Gasteiger partial charge in [-0.15, -0.1) is 0 Å².